The molecule has 19 heavy (non-hydrogen) atoms. The number of carbonyl (C=O) groups excluding carboxylic acids is 1. The van der Waals surface area contributed by atoms with Gasteiger partial charge in [0, 0.05) is 12.8 Å². The zero-order chi connectivity index (χ0) is 14.2. The lowest BCUT2D eigenvalue weighted by Crippen LogP contribution is -2.36. The highest BCUT2D eigenvalue weighted by Crippen LogP contribution is 2.46. The van der Waals surface area contributed by atoms with E-state index in [0.29, 0.717) is 5.92 Å². The molecule has 0 N–H and O–H groups in total. The van der Waals surface area contributed by atoms with E-state index in [2.05, 4.69) is 27.7 Å². The van der Waals surface area contributed by atoms with Crippen molar-refractivity contribution in [2.24, 2.45) is 17.8 Å². The first-order valence-electron chi connectivity index (χ1n) is 7.72. The minimum absolute atomic E-state index is 0.157. The van der Waals surface area contributed by atoms with Crippen molar-refractivity contribution >= 4 is 5.97 Å². The van der Waals surface area contributed by atoms with Crippen LogP contribution in [0.15, 0.2) is 11.1 Å². The Labute approximate surface area is 117 Å². The second-order valence-corrected chi connectivity index (χ2v) is 7.07. The van der Waals surface area contributed by atoms with Crippen molar-refractivity contribution in [3.05, 3.63) is 11.1 Å². The van der Waals surface area contributed by atoms with Gasteiger partial charge in [0.05, 0.1) is 0 Å². The van der Waals surface area contributed by atoms with Crippen LogP contribution in [-0.2, 0) is 9.53 Å². The third-order valence-electron chi connectivity index (χ3n) is 5.25. The molecule has 0 aromatic heterocycles. The molecule has 0 aromatic carbocycles. The maximum absolute atomic E-state index is 11.3. The first-order chi connectivity index (χ1) is 8.81. The van der Waals surface area contributed by atoms with Gasteiger partial charge in [0.15, 0.2) is 0 Å². The van der Waals surface area contributed by atoms with Crippen LogP contribution in [0.25, 0.3) is 0 Å². The molecule has 0 radical (unpaired) electrons. The molecule has 108 valence electrons. The van der Waals surface area contributed by atoms with Crippen LogP contribution in [0.1, 0.15) is 66.7 Å². The van der Waals surface area contributed by atoms with Gasteiger partial charge in [-0.1, -0.05) is 25.0 Å². The minimum Gasteiger partial charge on any atom is -0.460 e. The van der Waals surface area contributed by atoms with Crippen molar-refractivity contribution in [1.82, 2.24) is 0 Å². The number of hydrogen-bond acceptors (Lipinski definition) is 2. The molecular formula is C17H28O2. The van der Waals surface area contributed by atoms with Crippen LogP contribution in [0.3, 0.4) is 0 Å². The van der Waals surface area contributed by atoms with Crippen molar-refractivity contribution in [3.8, 4) is 0 Å². The second-order valence-electron chi connectivity index (χ2n) is 7.07. The SMILES string of the molecule is CC(=O)OC(C)(C)[C@@H]1CC[C@H](C)C2=C(C1)C(C)CC2. The van der Waals surface area contributed by atoms with Gasteiger partial charge in [-0.3, -0.25) is 4.79 Å². The summed E-state index contributed by atoms with van der Waals surface area (Å²) in [6, 6.07) is 0. The first-order valence-corrected chi connectivity index (χ1v) is 7.72. The second kappa shape index (κ2) is 5.30. The molecule has 0 heterocycles. The summed E-state index contributed by atoms with van der Waals surface area (Å²) >= 11 is 0. The molecule has 2 aliphatic rings. The standard InChI is InChI=1S/C17H28O2/c1-11-6-8-14(17(4,5)19-13(3)18)10-16-12(2)7-9-15(11)16/h11-12,14H,6-10H2,1-5H3/t11-,12?,14+/m0/s1. The third kappa shape index (κ3) is 3.04. The van der Waals surface area contributed by atoms with Crippen LogP contribution < -0.4 is 0 Å². The molecular weight excluding hydrogens is 236 g/mol. The predicted molar refractivity (Wildman–Crippen MR) is 77.8 cm³/mol. The molecule has 0 fully saturated rings. The maximum Gasteiger partial charge on any atom is 0.303 e. The Kier molecular flexibility index (Phi) is 4.08. The highest BCUT2D eigenvalue weighted by molar-refractivity contribution is 5.66. The Morgan fingerprint density at radius 1 is 1.11 bits per heavy atom. The Bertz CT molecular complexity index is 392. The Morgan fingerprint density at radius 2 is 1.74 bits per heavy atom. The summed E-state index contributed by atoms with van der Waals surface area (Å²) in [5.41, 5.74) is 3.06. The van der Waals surface area contributed by atoms with Gasteiger partial charge in [-0.15, -0.1) is 0 Å². The molecule has 3 atom stereocenters. The zero-order valence-corrected chi connectivity index (χ0v) is 13.1. The van der Waals surface area contributed by atoms with E-state index in [4.69, 9.17) is 4.74 Å². The zero-order valence-electron chi connectivity index (χ0n) is 13.1. The van der Waals surface area contributed by atoms with Gasteiger partial charge < -0.3 is 4.74 Å². The lowest BCUT2D eigenvalue weighted by molar-refractivity contribution is -0.159. The lowest BCUT2D eigenvalue weighted by atomic mass is 9.81. The van der Waals surface area contributed by atoms with E-state index in [-0.39, 0.29) is 11.6 Å². The fourth-order valence-corrected chi connectivity index (χ4v) is 3.96. The van der Waals surface area contributed by atoms with Gasteiger partial charge >= 0.3 is 5.97 Å². The average Bonchev–Trinajstić information content (AvgIpc) is 2.53. The Morgan fingerprint density at radius 3 is 2.37 bits per heavy atom. The molecule has 2 aliphatic carbocycles. The number of carbonyl (C=O) groups is 1. The molecule has 1 unspecified atom stereocenters. The van der Waals surface area contributed by atoms with Gasteiger partial charge in [-0.05, 0) is 57.8 Å². The molecule has 0 saturated heterocycles. The van der Waals surface area contributed by atoms with Crippen molar-refractivity contribution < 1.29 is 9.53 Å². The average molecular weight is 264 g/mol. The summed E-state index contributed by atoms with van der Waals surface area (Å²) in [6.45, 7) is 10.4. The van der Waals surface area contributed by atoms with E-state index < -0.39 is 0 Å². The van der Waals surface area contributed by atoms with Gasteiger partial charge in [-0.2, -0.15) is 0 Å². The highest BCUT2D eigenvalue weighted by Gasteiger charge is 2.38. The molecule has 2 nitrogen and oxygen atoms in total. The fraction of sp³-hybridized carbons (Fsp3) is 0.824. The summed E-state index contributed by atoms with van der Waals surface area (Å²) in [5.74, 6) is 1.76. The summed E-state index contributed by atoms with van der Waals surface area (Å²) in [5, 5.41) is 0. The van der Waals surface area contributed by atoms with Crippen LogP contribution in [0.4, 0.5) is 0 Å². The summed E-state index contributed by atoms with van der Waals surface area (Å²) in [6.07, 6.45) is 6.14. The van der Waals surface area contributed by atoms with Gasteiger partial charge in [0.2, 0.25) is 0 Å². The number of rotatable bonds is 2. The third-order valence-corrected chi connectivity index (χ3v) is 5.25. The highest BCUT2D eigenvalue weighted by atomic mass is 16.6. The van der Waals surface area contributed by atoms with E-state index in [0.717, 1.165) is 18.3 Å². The molecule has 2 rings (SSSR count). The number of hydrogen-bond donors (Lipinski definition) is 0. The van der Waals surface area contributed by atoms with Crippen molar-refractivity contribution in [1.29, 1.82) is 0 Å². The first kappa shape index (κ1) is 14.6. The van der Waals surface area contributed by atoms with Gasteiger partial charge in [0.25, 0.3) is 0 Å². The van der Waals surface area contributed by atoms with Crippen LogP contribution >= 0.6 is 0 Å². The number of allylic oxidation sites excluding steroid dienone is 2. The predicted octanol–water partition coefficient (Wildman–Crippen LogP) is 4.49. The lowest BCUT2D eigenvalue weighted by Gasteiger charge is -2.34. The van der Waals surface area contributed by atoms with Crippen LogP contribution in [-0.4, -0.2) is 11.6 Å². The van der Waals surface area contributed by atoms with Crippen LogP contribution in [0.2, 0.25) is 0 Å². The Hall–Kier alpha value is -0.790. The minimum atomic E-state index is -0.337. The van der Waals surface area contributed by atoms with E-state index in [1.165, 1.54) is 32.6 Å². The van der Waals surface area contributed by atoms with Crippen molar-refractivity contribution in [2.45, 2.75) is 72.3 Å². The van der Waals surface area contributed by atoms with Gasteiger partial charge in [0.1, 0.15) is 5.60 Å². The van der Waals surface area contributed by atoms with E-state index in [1.807, 2.05) is 0 Å². The quantitative estimate of drug-likeness (QED) is 0.542. The topological polar surface area (TPSA) is 26.3 Å². The van der Waals surface area contributed by atoms with E-state index >= 15 is 0 Å². The molecule has 0 bridgehead atoms. The fourth-order valence-electron chi connectivity index (χ4n) is 3.96. The molecule has 2 heteroatoms. The van der Waals surface area contributed by atoms with Crippen LogP contribution in [0.5, 0.6) is 0 Å². The van der Waals surface area contributed by atoms with Crippen molar-refractivity contribution in [2.75, 3.05) is 0 Å². The summed E-state index contributed by atoms with van der Waals surface area (Å²) < 4.78 is 5.59. The smallest absolute Gasteiger partial charge is 0.303 e. The van der Waals surface area contributed by atoms with E-state index in [9.17, 15) is 4.79 Å². The molecule has 0 amide bonds. The molecule has 0 saturated carbocycles. The summed E-state index contributed by atoms with van der Waals surface area (Å²) in [7, 11) is 0. The molecule has 0 aliphatic heterocycles. The number of ether oxygens (including phenoxy) is 1. The normalized spacial score (nSPS) is 31.9. The Balaban J connectivity index is 2.19. The number of esters is 1. The monoisotopic (exact) mass is 264 g/mol. The van der Waals surface area contributed by atoms with Gasteiger partial charge in [-0.25, -0.2) is 0 Å². The largest absolute Gasteiger partial charge is 0.460 e. The van der Waals surface area contributed by atoms with Crippen LogP contribution in [0, 0.1) is 17.8 Å². The molecule has 0 spiro atoms. The van der Waals surface area contributed by atoms with E-state index in [1.54, 1.807) is 11.1 Å². The van der Waals surface area contributed by atoms with Crippen molar-refractivity contribution in [3.63, 3.8) is 0 Å². The maximum atomic E-state index is 11.3. The molecule has 0 aromatic rings. The summed E-state index contributed by atoms with van der Waals surface area (Å²) in [4.78, 5) is 11.3.